The van der Waals surface area contributed by atoms with Gasteiger partial charge in [-0.05, 0) is 36.4 Å². The van der Waals surface area contributed by atoms with Crippen LogP contribution >= 0.6 is 11.6 Å². The van der Waals surface area contributed by atoms with Crippen LogP contribution in [0.4, 0.5) is 4.39 Å². The molecule has 2 heterocycles. The van der Waals surface area contributed by atoms with Crippen LogP contribution in [0.1, 0.15) is 16.2 Å². The van der Waals surface area contributed by atoms with Crippen LogP contribution in [0.3, 0.4) is 0 Å². The van der Waals surface area contributed by atoms with E-state index in [-0.39, 0.29) is 22.3 Å². The molecule has 0 atom stereocenters. The van der Waals surface area contributed by atoms with Gasteiger partial charge in [-0.2, -0.15) is 0 Å². The molecule has 2 aromatic heterocycles. The average Bonchev–Trinajstić information content (AvgIpc) is 2.81. The van der Waals surface area contributed by atoms with Crippen molar-refractivity contribution >= 4 is 28.4 Å². The van der Waals surface area contributed by atoms with Crippen LogP contribution in [0.15, 0.2) is 47.0 Å². The maximum Gasteiger partial charge on any atom is 0.248 e. The third-order valence-electron chi connectivity index (χ3n) is 2.68. The molecule has 0 saturated carbocycles. The number of fused-ring (bicyclic) bond motifs is 1. The van der Waals surface area contributed by atoms with Crippen molar-refractivity contribution in [2.75, 3.05) is 0 Å². The maximum atomic E-state index is 13.1. The molecule has 5 heteroatoms. The summed E-state index contributed by atoms with van der Waals surface area (Å²) in [5.41, 5.74) is 0.556. The fourth-order valence-electron chi connectivity index (χ4n) is 1.80. The van der Waals surface area contributed by atoms with Crippen LogP contribution in [-0.4, -0.2) is 10.8 Å². The quantitative estimate of drug-likeness (QED) is 0.667. The van der Waals surface area contributed by atoms with Gasteiger partial charge in [-0.15, -0.1) is 0 Å². The standard InChI is InChI=1S/C14H7ClFNO2/c15-10-2-1-5-17-13(10)14(18)12-7-8-6-9(16)3-4-11(8)19-12/h1-7H. The number of aromatic nitrogens is 1. The Morgan fingerprint density at radius 3 is 2.89 bits per heavy atom. The number of pyridine rings is 1. The van der Waals surface area contributed by atoms with Crippen molar-refractivity contribution in [3.05, 3.63) is 64.9 Å². The van der Waals surface area contributed by atoms with E-state index >= 15 is 0 Å². The lowest BCUT2D eigenvalue weighted by atomic mass is 10.2. The summed E-state index contributed by atoms with van der Waals surface area (Å²) < 4.78 is 18.5. The first-order valence-corrected chi connectivity index (χ1v) is 5.87. The number of ketones is 1. The molecule has 0 N–H and O–H groups in total. The summed E-state index contributed by atoms with van der Waals surface area (Å²) in [5, 5.41) is 0.773. The van der Waals surface area contributed by atoms with Gasteiger partial charge in [0.2, 0.25) is 5.78 Å². The zero-order valence-electron chi connectivity index (χ0n) is 9.56. The highest BCUT2D eigenvalue weighted by Crippen LogP contribution is 2.24. The second-order valence-corrected chi connectivity index (χ2v) is 4.36. The summed E-state index contributed by atoms with van der Waals surface area (Å²) in [5.74, 6) is -0.730. The summed E-state index contributed by atoms with van der Waals surface area (Å²) in [6, 6.07) is 8.73. The first-order valence-electron chi connectivity index (χ1n) is 5.49. The molecular formula is C14H7ClFNO2. The highest BCUT2D eigenvalue weighted by Gasteiger charge is 2.18. The summed E-state index contributed by atoms with van der Waals surface area (Å²) in [4.78, 5) is 16.1. The highest BCUT2D eigenvalue weighted by molar-refractivity contribution is 6.34. The molecule has 0 fully saturated rings. The molecular weight excluding hydrogens is 269 g/mol. The Morgan fingerprint density at radius 1 is 1.26 bits per heavy atom. The summed E-state index contributed by atoms with van der Waals surface area (Å²) in [7, 11) is 0. The van der Waals surface area contributed by atoms with Gasteiger partial charge in [0.05, 0.1) is 5.02 Å². The van der Waals surface area contributed by atoms with Gasteiger partial charge in [0, 0.05) is 11.6 Å². The molecule has 0 saturated heterocycles. The lowest BCUT2D eigenvalue weighted by Crippen LogP contribution is -2.03. The van der Waals surface area contributed by atoms with Gasteiger partial charge in [0.1, 0.15) is 17.1 Å². The van der Waals surface area contributed by atoms with E-state index in [1.165, 1.54) is 30.5 Å². The minimum Gasteiger partial charge on any atom is -0.453 e. The van der Waals surface area contributed by atoms with E-state index in [9.17, 15) is 9.18 Å². The molecule has 0 aliphatic heterocycles. The Balaban J connectivity index is 2.09. The molecule has 0 unspecified atom stereocenters. The van der Waals surface area contributed by atoms with Gasteiger partial charge in [0.15, 0.2) is 5.76 Å². The van der Waals surface area contributed by atoms with Gasteiger partial charge in [-0.3, -0.25) is 9.78 Å². The second-order valence-electron chi connectivity index (χ2n) is 3.96. The van der Waals surface area contributed by atoms with Crippen molar-refractivity contribution < 1.29 is 13.6 Å². The number of hydrogen-bond acceptors (Lipinski definition) is 3. The van der Waals surface area contributed by atoms with E-state index in [4.69, 9.17) is 16.0 Å². The predicted molar refractivity (Wildman–Crippen MR) is 68.9 cm³/mol. The van der Waals surface area contributed by atoms with E-state index in [1.807, 2.05) is 0 Å². The molecule has 3 aromatic rings. The molecule has 3 nitrogen and oxygen atoms in total. The third-order valence-corrected chi connectivity index (χ3v) is 2.98. The molecule has 19 heavy (non-hydrogen) atoms. The van der Waals surface area contributed by atoms with Crippen LogP contribution in [0, 0.1) is 5.82 Å². The lowest BCUT2D eigenvalue weighted by Gasteiger charge is -1.98. The molecule has 0 aliphatic carbocycles. The Hall–Kier alpha value is -2.20. The Labute approximate surface area is 112 Å². The van der Waals surface area contributed by atoms with Crippen LogP contribution in [0.5, 0.6) is 0 Å². The Morgan fingerprint density at radius 2 is 2.11 bits per heavy atom. The minimum absolute atomic E-state index is 0.0844. The van der Waals surface area contributed by atoms with Gasteiger partial charge < -0.3 is 4.42 Å². The average molecular weight is 276 g/mol. The second kappa shape index (κ2) is 4.48. The van der Waals surface area contributed by atoms with E-state index in [0.717, 1.165) is 0 Å². The number of rotatable bonds is 2. The summed E-state index contributed by atoms with van der Waals surface area (Å²) in [6.07, 6.45) is 1.47. The van der Waals surface area contributed by atoms with E-state index in [1.54, 1.807) is 12.1 Å². The van der Waals surface area contributed by atoms with E-state index < -0.39 is 5.78 Å². The van der Waals surface area contributed by atoms with Crippen molar-refractivity contribution in [3.63, 3.8) is 0 Å². The molecule has 0 radical (unpaired) electrons. The number of carbonyl (C=O) groups is 1. The smallest absolute Gasteiger partial charge is 0.248 e. The first-order chi connectivity index (χ1) is 9.15. The van der Waals surface area contributed by atoms with Crippen LogP contribution in [-0.2, 0) is 0 Å². The fourth-order valence-corrected chi connectivity index (χ4v) is 2.00. The molecule has 0 bridgehead atoms. The molecule has 1 aromatic carbocycles. The monoisotopic (exact) mass is 275 g/mol. The van der Waals surface area contributed by atoms with Crippen LogP contribution < -0.4 is 0 Å². The normalized spacial score (nSPS) is 10.8. The number of benzene rings is 1. The van der Waals surface area contributed by atoms with Crippen molar-refractivity contribution in [2.24, 2.45) is 0 Å². The zero-order valence-corrected chi connectivity index (χ0v) is 10.3. The first kappa shape index (κ1) is 11.9. The SMILES string of the molecule is O=C(c1cc2cc(F)ccc2o1)c1ncccc1Cl. The Bertz CT molecular complexity index is 782. The lowest BCUT2D eigenvalue weighted by molar-refractivity contribution is 0.101. The molecule has 0 spiro atoms. The van der Waals surface area contributed by atoms with Crippen molar-refractivity contribution in [3.8, 4) is 0 Å². The van der Waals surface area contributed by atoms with E-state index in [0.29, 0.717) is 11.0 Å². The van der Waals surface area contributed by atoms with Gasteiger partial charge in [0.25, 0.3) is 0 Å². The minimum atomic E-state index is -0.429. The van der Waals surface area contributed by atoms with Gasteiger partial charge >= 0.3 is 0 Å². The number of halogens is 2. The maximum absolute atomic E-state index is 13.1. The molecule has 0 aliphatic rings. The largest absolute Gasteiger partial charge is 0.453 e. The number of nitrogens with zero attached hydrogens (tertiary/aromatic N) is 1. The van der Waals surface area contributed by atoms with Crippen LogP contribution in [0.25, 0.3) is 11.0 Å². The van der Waals surface area contributed by atoms with Crippen molar-refractivity contribution in [1.82, 2.24) is 4.98 Å². The van der Waals surface area contributed by atoms with Gasteiger partial charge in [-0.25, -0.2) is 4.39 Å². The Kier molecular flexibility index (Phi) is 2.80. The third kappa shape index (κ3) is 2.11. The summed E-state index contributed by atoms with van der Waals surface area (Å²) in [6.45, 7) is 0. The molecule has 94 valence electrons. The van der Waals surface area contributed by atoms with E-state index in [2.05, 4.69) is 4.98 Å². The van der Waals surface area contributed by atoms with Crippen LogP contribution in [0.2, 0.25) is 5.02 Å². The fraction of sp³-hybridized carbons (Fsp3) is 0. The predicted octanol–water partition coefficient (Wildman–Crippen LogP) is 3.85. The number of hydrogen-bond donors (Lipinski definition) is 0. The molecule has 3 rings (SSSR count). The topological polar surface area (TPSA) is 43.1 Å². The molecule has 0 amide bonds. The number of carbonyl (C=O) groups excluding carboxylic acids is 1. The zero-order chi connectivity index (χ0) is 13.4. The summed E-state index contributed by atoms with van der Waals surface area (Å²) >= 11 is 5.91. The highest BCUT2D eigenvalue weighted by atomic mass is 35.5. The van der Waals surface area contributed by atoms with Crippen molar-refractivity contribution in [1.29, 1.82) is 0 Å². The number of furan rings is 1. The van der Waals surface area contributed by atoms with Gasteiger partial charge in [-0.1, -0.05) is 11.6 Å². The van der Waals surface area contributed by atoms with Crippen molar-refractivity contribution in [2.45, 2.75) is 0 Å².